The number of carboxylic acid groups (broad SMARTS) is 1. The highest BCUT2D eigenvalue weighted by Gasteiger charge is 2.65. The molecule has 6 nitrogen and oxygen atoms in total. The number of amidine groups is 1. The molecular formula is C23H32N2O4. The van der Waals surface area contributed by atoms with E-state index in [1.54, 1.807) is 31.2 Å². The number of methoxy groups -OCH3 is 1. The number of hydrogen-bond acceptors (Lipinski definition) is 4. The summed E-state index contributed by atoms with van der Waals surface area (Å²) in [6.07, 6.45) is 5.70. The summed E-state index contributed by atoms with van der Waals surface area (Å²) in [5, 5.41) is 9.44. The van der Waals surface area contributed by atoms with E-state index in [2.05, 4.69) is 13.8 Å². The summed E-state index contributed by atoms with van der Waals surface area (Å²) in [6, 6.07) is 5.17. The van der Waals surface area contributed by atoms with E-state index in [0.717, 1.165) is 43.2 Å². The van der Waals surface area contributed by atoms with E-state index in [1.807, 2.05) is 13.0 Å². The van der Waals surface area contributed by atoms with Gasteiger partial charge in [-0.1, -0.05) is 26.3 Å². The Hall–Kier alpha value is -2.21. The van der Waals surface area contributed by atoms with E-state index in [0.29, 0.717) is 5.84 Å². The molecule has 158 valence electrons. The van der Waals surface area contributed by atoms with Gasteiger partial charge in [-0.25, -0.2) is 4.79 Å². The lowest BCUT2D eigenvalue weighted by atomic mass is 9.61. The molecule has 3 aliphatic rings. The van der Waals surface area contributed by atoms with Gasteiger partial charge in [0.05, 0.1) is 11.7 Å². The lowest BCUT2D eigenvalue weighted by Gasteiger charge is -2.45. The quantitative estimate of drug-likeness (QED) is 0.813. The molecular weight excluding hydrogens is 368 g/mol. The summed E-state index contributed by atoms with van der Waals surface area (Å²) >= 11 is 0. The first-order valence-electron chi connectivity index (χ1n) is 10.5. The maximum absolute atomic E-state index is 13.4. The fraction of sp³-hybridized carbons (Fsp3) is 0.609. The molecule has 0 saturated heterocycles. The van der Waals surface area contributed by atoms with Gasteiger partial charge in [0, 0.05) is 19.6 Å². The molecule has 1 aromatic rings. The molecule has 1 fully saturated rings. The first kappa shape index (κ1) is 21.5. The Kier molecular flexibility index (Phi) is 5.86. The normalized spacial score (nSPS) is 30.2. The molecule has 0 radical (unpaired) electrons. The highest BCUT2D eigenvalue weighted by atomic mass is 16.5. The molecule has 6 heteroatoms. The van der Waals surface area contributed by atoms with E-state index in [4.69, 9.17) is 9.73 Å². The van der Waals surface area contributed by atoms with Crippen molar-refractivity contribution in [1.29, 1.82) is 0 Å². The summed E-state index contributed by atoms with van der Waals surface area (Å²) in [7, 11) is 3.49. The Balaban J connectivity index is 0.000000755. The summed E-state index contributed by atoms with van der Waals surface area (Å²) in [5.74, 6) is -0.324. The zero-order chi connectivity index (χ0) is 21.4. The van der Waals surface area contributed by atoms with Crippen molar-refractivity contribution >= 4 is 17.7 Å². The monoisotopic (exact) mass is 400 g/mol. The Morgan fingerprint density at radius 3 is 2.41 bits per heavy atom. The summed E-state index contributed by atoms with van der Waals surface area (Å²) < 4.78 is 5.53. The van der Waals surface area contributed by atoms with E-state index < -0.39 is 11.5 Å². The zero-order valence-electron chi connectivity index (χ0n) is 18.1. The van der Waals surface area contributed by atoms with E-state index in [1.165, 1.54) is 6.42 Å². The van der Waals surface area contributed by atoms with Crippen molar-refractivity contribution in [3.63, 3.8) is 0 Å². The van der Waals surface area contributed by atoms with Crippen LogP contribution in [0.25, 0.3) is 0 Å². The summed E-state index contributed by atoms with van der Waals surface area (Å²) in [5.41, 5.74) is 0.740. The third-order valence-electron chi connectivity index (χ3n) is 6.70. The number of hydrogen-bond donors (Lipinski definition) is 1. The van der Waals surface area contributed by atoms with Crippen molar-refractivity contribution in [2.75, 3.05) is 14.2 Å². The average molecular weight is 401 g/mol. The third-order valence-corrected chi connectivity index (χ3v) is 6.70. The maximum atomic E-state index is 13.4. The van der Waals surface area contributed by atoms with Crippen molar-refractivity contribution in [2.45, 2.75) is 70.9 Å². The zero-order valence-corrected chi connectivity index (χ0v) is 18.1. The van der Waals surface area contributed by atoms with Gasteiger partial charge < -0.3 is 14.7 Å². The van der Waals surface area contributed by atoms with Gasteiger partial charge in [-0.2, -0.15) is 0 Å². The van der Waals surface area contributed by atoms with Gasteiger partial charge in [-0.15, -0.1) is 0 Å². The van der Waals surface area contributed by atoms with E-state index in [9.17, 15) is 14.7 Å². The van der Waals surface area contributed by atoms with Crippen LogP contribution in [0.4, 0.5) is 0 Å². The molecule has 1 N–H and O–H groups in total. The number of carbonyl (C=O) groups is 2. The van der Waals surface area contributed by atoms with E-state index in [-0.39, 0.29) is 23.0 Å². The van der Waals surface area contributed by atoms with Crippen LogP contribution in [-0.2, 0) is 21.5 Å². The largest absolute Gasteiger partial charge is 0.478 e. The molecule has 1 unspecified atom stereocenters. The first-order chi connectivity index (χ1) is 13.8. The Bertz CT molecular complexity index is 839. The number of aromatic carboxylic acids is 1. The van der Waals surface area contributed by atoms with Crippen molar-refractivity contribution in [3.8, 4) is 0 Å². The minimum absolute atomic E-state index is 0.0350. The predicted molar refractivity (Wildman–Crippen MR) is 112 cm³/mol. The number of likely N-dealkylation sites (N-methyl/N-ethyl adjacent to an activating group) is 1. The van der Waals surface area contributed by atoms with Crippen LogP contribution in [-0.4, -0.2) is 48.0 Å². The number of ether oxygens (including phenoxy) is 1. The standard InChI is InChI=1S/C20H24N2O4.C3H8/c1-12-21-20(18(25)22(12)2)16-10-13(17(23)24)4-5-14(16)11-19(20)8-6-15(26-3)7-9-19;1-3-2/h4-5,10,15H,6-9,11H2,1-3H3,(H,23,24);3H2,1-2H3. The molecule has 1 aliphatic heterocycles. The maximum Gasteiger partial charge on any atom is 0.335 e. The molecule has 2 aliphatic carbocycles. The van der Waals surface area contributed by atoms with Crippen LogP contribution in [0.1, 0.15) is 74.4 Å². The van der Waals surface area contributed by atoms with Gasteiger partial charge in [-0.3, -0.25) is 9.79 Å². The minimum atomic E-state index is -0.995. The number of benzene rings is 1. The minimum Gasteiger partial charge on any atom is -0.478 e. The molecule has 1 saturated carbocycles. The molecule has 1 aromatic carbocycles. The third kappa shape index (κ3) is 3.18. The van der Waals surface area contributed by atoms with Gasteiger partial charge in [0.15, 0.2) is 5.54 Å². The molecule has 29 heavy (non-hydrogen) atoms. The van der Waals surface area contributed by atoms with Crippen molar-refractivity contribution in [2.24, 2.45) is 10.4 Å². The topological polar surface area (TPSA) is 79.2 Å². The number of carboxylic acids is 1. The van der Waals surface area contributed by atoms with Gasteiger partial charge in [0.2, 0.25) is 0 Å². The van der Waals surface area contributed by atoms with Crippen LogP contribution >= 0.6 is 0 Å². The number of nitrogens with zero attached hydrogens (tertiary/aromatic N) is 2. The molecule has 1 heterocycles. The number of aliphatic imine (C=N–C) groups is 1. The highest BCUT2D eigenvalue weighted by molar-refractivity contribution is 6.09. The van der Waals surface area contributed by atoms with Crippen LogP contribution in [0.5, 0.6) is 0 Å². The smallest absolute Gasteiger partial charge is 0.335 e. The van der Waals surface area contributed by atoms with Gasteiger partial charge in [0.1, 0.15) is 5.84 Å². The fourth-order valence-corrected chi connectivity index (χ4v) is 5.17. The Morgan fingerprint density at radius 1 is 1.31 bits per heavy atom. The molecule has 0 bridgehead atoms. The van der Waals surface area contributed by atoms with Gasteiger partial charge in [0.25, 0.3) is 5.91 Å². The van der Waals surface area contributed by atoms with Crippen molar-refractivity contribution in [3.05, 3.63) is 34.9 Å². The summed E-state index contributed by atoms with van der Waals surface area (Å²) in [4.78, 5) is 31.5. The van der Waals surface area contributed by atoms with Crippen molar-refractivity contribution in [1.82, 2.24) is 4.90 Å². The first-order valence-corrected chi connectivity index (χ1v) is 10.5. The van der Waals surface area contributed by atoms with Crippen LogP contribution < -0.4 is 0 Å². The number of fused-ring (bicyclic) bond motifs is 3. The molecule has 1 atom stereocenters. The number of rotatable bonds is 2. The van der Waals surface area contributed by atoms with Gasteiger partial charge in [-0.05, 0) is 62.3 Å². The van der Waals surface area contributed by atoms with Gasteiger partial charge >= 0.3 is 5.97 Å². The van der Waals surface area contributed by atoms with Crippen LogP contribution in [0.2, 0.25) is 0 Å². The Morgan fingerprint density at radius 2 is 1.93 bits per heavy atom. The lowest BCUT2D eigenvalue weighted by molar-refractivity contribution is -0.137. The number of carbonyl (C=O) groups excluding carboxylic acids is 1. The predicted octanol–water partition coefficient (Wildman–Crippen LogP) is 4.02. The van der Waals surface area contributed by atoms with Crippen molar-refractivity contribution < 1.29 is 19.4 Å². The summed E-state index contributed by atoms with van der Waals surface area (Å²) in [6.45, 7) is 6.10. The molecule has 0 aromatic heterocycles. The fourth-order valence-electron chi connectivity index (χ4n) is 5.17. The second-order valence-corrected chi connectivity index (χ2v) is 8.51. The lowest BCUT2D eigenvalue weighted by Crippen LogP contribution is -2.51. The molecule has 1 amide bonds. The average Bonchev–Trinajstić information content (AvgIpc) is 3.10. The van der Waals surface area contributed by atoms with Crippen LogP contribution in [0.15, 0.2) is 23.2 Å². The highest BCUT2D eigenvalue weighted by Crippen LogP contribution is 2.62. The SMILES string of the molecule is CCC.COC1CCC2(CC1)Cc1ccc(C(=O)O)cc1C21N=C(C)N(C)C1=O. The Labute approximate surface area is 173 Å². The molecule has 4 rings (SSSR count). The van der Waals surface area contributed by atoms with Crippen LogP contribution in [0, 0.1) is 5.41 Å². The molecule has 2 spiro atoms. The second kappa shape index (κ2) is 7.90. The second-order valence-electron chi connectivity index (χ2n) is 8.51. The van der Waals surface area contributed by atoms with Crippen LogP contribution in [0.3, 0.4) is 0 Å². The number of amides is 1. The van der Waals surface area contributed by atoms with E-state index >= 15 is 0 Å².